The van der Waals surface area contributed by atoms with Crippen molar-refractivity contribution in [3.63, 3.8) is 0 Å². The molecule has 8 heteroatoms. The van der Waals surface area contributed by atoms with Crippen molar-refractivity contribution >= 4 is 17.9 Å². The molecule has 376 valence electrons. The van der Waals surface area contributed by atoms with Crippen LogP contribution in [0.4, 0.5) is 0 Å². The molecular formula is C57H101NO7. The molecule has 8 nitrogen and oxygen atoms in total. The third-order valence-corrected chi connectivity index (χ3v) is 11.9. The van der Waals surface area contributed by atoms with Crippen LogP contribution in [0.1, 0.15) is 232 Å². The van der Waals surface area contributed by atoms with Crippen LogP contribution in [0, 0.1) is 0 Å². The van der Waals surface area contributed by atoms with E-state index in [4.69, 9.17) is 14.2 Å². The summed E-state index contributed by atoms with van der Waals surface area (Å²) in [4.78, 5) is 37.1. The van der Waals surface area contributed by atoms with E-state index in [0.29, 0.717) is 12.8 Å². The normalized spacial score (nSPS) is 13.3. The predicted octanol–water partition coefficient (Wildman–Crippen LogP) is 14.4. The van der Waals surface area contributed by atoms with E-state index in [2.05, 4.69) is 74.6 Å². The van der Waals surface area contributed by atoms with Crippen LogP contribution in [-0.2, 0) is 28.6 Å². The summed E-state index contributed by atoms with van der Waals surface area (Å²) in [6, 6.07) is -0.728. The van der Waals surface area contributed by atoms with E-state index in [-0.39, 0.29) is 42.7 Å². The quantitative estimate of drug-likeness (QED) is 0.0259. The zero-order valence-corrected chi connectivity index (χ0v) is 42.9. The lowest BCUT2D eigenvalue weighted by Gasteiger charge is -2.34. The summed E-state index contributed by atoms with van der Waals surface area (Å²) >= 11 is 0. The van der Waals surface area contributed by atoms with Crippen LogP contribution in [0.2, 0.25) is 0 Å². The Hall–Kier alpha value is -2.97. The van der Waals surface area contributed by atoms with E-state index in [1.165, 1.54) is 128 Å². The molecule has 0 spiro atoms. The van der Waals surface area contributed by atoms with Crippen LogP contribution in [-0.4, -0.2) is 75.5 Å². The van der Waals surface area contributed by atoms with Crippen LogP contribution in [0.3, 0.4) is 0 Å². The Labute approximate surface area is 400 Å². The minimum atomic E-state index is -1.12. The Balaban J connectivity index is 4.19. The topological polar surface area (TPSA) is 102 Å². The Bertz CT molecular complexity index is 1250. The van der Waals surface area contributed by atoms with Crippen LogP contribution in [0.25, 0.3) is 0 Å². The Kier molecular flexibility index (Phi) is 45.3. The number of hydrogen-bond acceptors (Lipinski definition) is 7. The molecule has 0 N–H and O–H groups in total. The lowest BCUT2D eigenvalue weighted by Crippen LogP contribution is -2.55. The van der Waals surface area contributed by atoms with Crippen LogP contribution in [0.5, 0.6) is 0 Å². The minimum absolute atomic E-state index is 0.0392. The molecule has 0 aromatic rings. The number of allylic oxidation sites excluding steroid dienone is 10. The van der Waals surface area contributed by atoms with E-state index in [0.717, 1.165) is 70.6 Å². The van der Waals surface area contributed by atoms with Gasteiger partial charge in [0.15, 0.2) is 6.10 Å². The Morgan fingerprint density at radius 1 is 0.462 bits per heavy atom. The maximum atomic E-state index is 12.8. The third kappa shape index (κ3) is 46.0. The highest BCUT2D eigenvalue weighted by molar-refractivity contribution is 5.70. The summed E-state index contributed by atoms with van der Waals surface area (Å²) in [5.74, 6) is -1.73. The number of hydrogen-bond donors (Lipinski definition) is 0. The van der Waals surface area contributed by atoms with Crippen molar-refractivity contribution < 1.29 is 38.2 Å². The second-order valence-electron chi connectivity index (χ2n) is 19.1. The van der Waals surface area contributed by atoms with Gasteiger partial charge in [-0.2, -0.15) is 0 Å². The number of ether oxygens (including phenoxy) is 3. The standard InChI is InChI=1S/C57H101NO7/c1-6-8-10-12-14-16-18-20-22-24-26-28-30-31-33-35-37-39-41-43-45-47-55(59)64-52-53(51-63-50-49-54(57(61)62)58(3,4)5)65-56(60)48-46-44-42-40-38-36-34-32-29-27-25-23-21-19-17-15-13-11-9-7-2/h8-11,14-17,21,23,53-54H,6-7,12-13,18-20,22,24-52H2,1-5H3/b10-8+,11-9+,16-14+,17-15+,23-21+. The highest BCUT2D eigenvalue weighted by Gasteiger charge is 2.25. The van der Waals surface area contributed by atoms with Gasteiger partial charge in [-0.3, -0.25) is 9.59 Å². The van der Waals surface area contributed by atoms with Gasteiger partial charge in [-0.05, 0) is 70.6 Å². The van der Waals surface area contributed by atoms with Gasteiger partial charge < -0.3 is 28.6 Å². The zero-order chi connectivity index (χ0) is 47.7. The lowest BCUT2D eigenvalue weighted by molar-refractivity contribution is -0.889. The number of carboxylic acid groups (broad SMARTS) is 1. The molecule has 2 unspecified atom stereocenters. The molecule has 0 aliphatic heterocycles. The molecule has 0 heterocycles. The first kappa shape index (κ1) is 62.0. The smallest absolute Gasteiger partial charge is 0.306 e. The average molecular weight is 912 g/mol. The molecule has 0 aromatic carbocycles. The number of aliphatic carboxylic acids is 1. The fourth-order valence-electron chi connectivity index (χ4n) is 7.83. The summed E-state index contributed by atoms with van der Waals surface area (Å²) < 4.78 is 17.3. The SMILES string of the molecule is CC/C=C/C/C=C/C/C=C/CCCCCCCCCCCCC(=O)OC(COCCC(C(=O)[O-])[N+](C)(C)C)COC(=O)CCCCCCCCCCCCCCCC/C=C/C/C=C/CC. The number of likely N-dealkylation sites (N-methyl/N-ethyl adjacent to an activating group) is 1. The van der Waals surface area contributed by atoms with Gasteiger partial charge in [0.25, 0.3) is 0 Å². The van der Waals surface area contributed by atoms with Gasteiger partial charge in [-0.25, -0.2) is 0 Å². The molecule has 0 aromatic heterocycles. The molecule has 0 bridgehead atoms. The first-order valence-electron chi connectivity index (χ1n) is 26.8. The zero-order valence-electron chi connectivity index (χ0n) is 42.9. The van der Waals surface area contributed by atoms with Crippen molar-refractivity contribution in [1.29, 1.82) is 0 Å². The fourth-order valence-corrected chi connectivity index (χ4v) is 7.83. The molecule has 0 aliphatic rings. The largest absolute Gasteiger partial charge is 0.544 e. The van der Waals surface area contributed by atoms with Gasteiger partial charge in [-0.15, -0.1) is 0 Å². The maximum absolute atomic E-state index is 12.8. The van der Waals surface area contributed by atoms with Crippen LogP contribution in [0.15, 0.2) is 60.8 Å². The molecule has 2 atom stereocenters. The number of quaternary nitrogens is 1. The van der Waals surface area contributed by atoms with E-state index in [9.17, 15) is 19.5 Å². The molecule has 0 saturated heterocycles. The van der Waals surface area contributed by atoms with Gasteiger partial charge in [0.1, 0.15) is 12.6 Å². The maximum Gasteiger partial charge on any atom is 0.306 e. The minimum Gasteiger partial charge on any atom is -0.544 e. The molecule has 65 heavy (non-hydrogen) atoms. The van der Waals surface area contributed by atoms with Crippen molar-refractivity contribution in [2.24, 2.45) is 0 Å². The number of esters is 2. The van der Waals surface area contributed by atoms with Gasteiger partial charge in [0.05, 0.1) is 40.3 Å². The van der Waals surface area contributed by atoms with E-state index >= 15 is 0 Å². The Morgan fingerprint density at radius 3 is 1.20 bits per heavy atom. The summed E-state index contributed by atoms with van der Waals surface area (Å²) in [7, 11) is 5.42. The van der Waals surface area contributed by atoms with Crippen molar-refractivity contribution in [3.05, 3.63) is 60.8 Å². The first-order chi connectivity index (χ1) is 31.6. The average Bonchev–Trinajstić information content (AvgIpc) is 3.27. The van der Waals surface area contributed by atoms with E-state index in [1.54, 1.807) is 21.1 Å². The van der Waals surface area contributed by atoms with Gasteiger partial charge in [0, 0.05) is 19.3 Å². The molecule has 0 rings (SSSR count). The van der Waals surface area contributed by atoms with Crippen molar-refractivity contribution in [2.45, 2.75) is 244 Å². The van der Waals surface area contributed by atoms with Crippen LogP contribution < -0.4 is 5.11 Å². The number of rotatable bonds is 48. The first-order valence-corrected chi connectivity index (χ1v) is 26.8. The van der Waals surface area contributed by atoms with Crippen LogP contribution >= 0.6 is 0 Å². The fraction of sp³-hybridized carbons (Fsp3) is 0.772. The number of carbonyl (C=O) groups excluding carboxylic acids is 3. The molecule has 0 aliphatic carbocycles. The molecule has 0 fully saturated rings. The summed E-state index contributed by atoms with van der Waals surface area (Å²) in [6.45, 7) is 4.47. The number of nitrogens with zero attached hydrogens (tertiary/aromatic N) is 1. The summed E-state index contributed by atoms with van der Waals surface area (Å²) in [5, 5.41) is 11.7. The van der Waals surface area contributed by atoms with E-state index in [1.807, 2.05) is 0 Å². The molecule has 0 radical (unpaired) electrons. The highest BCUT2D eigenvalue weighted by atomic mass is 16.6. The van der Waals surface area contributed by atoms with Crippen molar-refractivity contribution in [3.8, 4) is 0 Å². The third-order valence-electron chi connectivity index (χ3n) is 11.9. The van der Waals surface area contributed by atoms with Gasteiger partial charge in [0.2, 0.25) is 0 Å². The number of unbranched alkanes of at least 4 members (excludes halogenated alkanes) is 24. The molecule has 0 saturated carbocycles. The van der Waals surface area contributed by atoms with Crippen molar-refractivity contribution in [2.75, 3.05) is 41.0 Å². The monoisotopic (exact) mass is 912 g/mol. The molecular weight excluding hydrogens is 811 g/mol. The number of carboxylic acids is 1. The summed E-state index contributed by atoms with van der Waals surface area (Å²) in [5.41, 5.74) is 0. The predicted molar refractivity (Wildman–Crippen MR) is 273 cm³/mol. The number of carbonyl (C=O) groups is 3. The highest BCUT2D eigenvalue weighted by Crippen LogP contribution is 2.16. The van der Waals surface area contributed by atoms with Crippen molar-refractivity contribution in [1.82, 2.24) is 0 Å². The van der Waals surface area contributed by atoms with Gasteiger partial charge in [-0.1, -0.05) is 203 Å². The second kappa shape index (κ2) is 47.5. The van der Waals surface area contributed by atoms with E-state index < -0.39 is 18.1 Å². The lowest BCUT2D eigenvalue weighted by atomic mass is 10.0. The van der Waals surface area contributed by atoms with Gasteiger partial charge >= 0.3 is 11.9 Å². The molecule has 0 amide bonds. The second-order valence-corrected chi connectivity index (χ2v) is 19.1. The summed E-state index contributed by atoms with van der Waals surface area (Å²) in [6.07, 6.45) is 59.7. The Morgan fingerprint density at radius 2 is 0.815 bits per heavy atom.